The molecule has 0 aromatic heterocycles. The maximum Gasteiger partial charge on any atom is 0.188 e. The van der Waals surface area contributed by atoms with E-state index in [0.717, 1.165) is 0 Å². The lowest BCUT2D eigenvalue weighted by Gasteiger charge is -2.02. The highest BCUT2D eigenvalue weighted by atomic mass is 79.9. The summed E-state index contributed by atoms with van der Waals surface area (Å²) >= 11 is 12.4. The van der Waals surface area contributed by atoms with E-state index in [9.17, 15) is 4.21 Å². The maximum atomic E-state index is 10.6. The van der Waals surface area contributed by atoms with Crippen LogP contribution in [0, 0.1) is 0 Å². The lowest BCUT2D eigenvalue weighted by Crippen LogP contribution is -1.90. The Morgan fingerprint density at radius 2 is 1.92 bits per heavy atom. The number of hydrogen-bond donors (Lipinski definition) is 1. The zero-order chi connectivity index (χ0) is 9.30. The minimum atomic E-state index is -2.10. The summed E-state index contributed by atoms with van der Waals surface area (Å²) in [5.41, 5.74) is 0. The molecule has 1 atom stereocenters. The van der Waals surface area contributed by atoms with Crippen molar-refractivity contribution in [3.8, 4) is 0 Å². The molecule has 1 rings (SSSR count). The summed E-state index contributed by atoms with van der Waals surface area (Å²) in [6, 6.07) is 3.01. The number of hydrogen-bond acceptors (Lipinski definition) is 1. The average Bonchev–Trinajstić information content (AvgIpc) is 2.00. The molecule has 1 aromatic carbocycles. The number of halogens is 3. The Morgan fingerprint density at radius 1 is 1.33 bits per heavy atom. The quantitative estimate of drug-likeness (QED) is 0.636. The van der Waals surface area contributed by atoms with E-state index in [1.165, 1.54) is 6.07 Å². The third-order valence-corrected chi connectivity index (χ3v) is 3.79. The summed E-state index contributed by atoms with van der Waals surface area (Å²) in [6.07, 6.45) is 0. The van der Waals surface area contributed by atoms with Crippen molar-refractivity contribution in [2.45, 2.75) is 4.90 Å². The molecule has 0 fully saturated rings. The fourth-order valence-corrected chi connectivity index (χ4v) is 2.11. The van der Waals surface area contributed by atoms with Crippen LogP contribution in [0.5, 0.6) is 0 Å². The highest BCUT2D eigenvalue weighted by Gasteiger charge is 2.11. The first-order valence-electron chi connectivity index (χ1n) is 2.78. The molecule has 1 unspecified atom stereocenters. The Labute approximate surface area is 90.3 Å². The Hall–Kier alpha value is 0.390. The van der Waals surface area contributed by atoms with Gasteiger partial charge in [0.25, 0.3) is 0 Å². The molecule has 0 amide bonds. The molecule has 0 heterocycles. The van der Waals surface area contributed by atoms with E-state index in [-0.39, 0.29) is 14.9 Å². The first-order chi connectivity index (χ1) is 5.54. The molecular formula is C6H3BrCl2O2S. The molecule has 1 aromatic rings. The summed E-state index contributed by atoms with van der Waals surface area (Å²) in [5.74, 6) is 0. The van der Waals surface area contributed by atoms with Crippen molar-refractivity contribution >= 4 is 50.2 Å². The average molecular weight is 290 g/mol. The van der Waals surface area contributed by atoms with E-state index in [4.69, 9.17) is 27.8 Å². The van der Waals surface area contributed by atoms with Gasteiger partial charge >= 0.3 is 0 Å². The highest BCUT2D eigenvalue weighted by molar-refractivity contribution is 9.10. The predicted octanol–water partition coefficient (Wildman–Crippen LogP) is 3.34. The van der Waals surface area contributed by atoms with Crippen LogP contribution in [0.3, 0.4) is 0 Å². The SMILES string of the molecule is O=S(O)c1ccc(Br)c(Cl)c1Cl. The van der Waals surface area contributed by atoms with Crippen LogP contribution in [0.25, 0.3) is 0 Å². The van der Waals surface area contributed by atoms with Crippen molar-refractivity contribution in [3.63, 3.8) is 0 Å². The van der Waals surface area contributed by atoms with Crippen LogP contribution in [-0.2, 0) is 11.1 Å². The van der Waals surface area contributed by atoms with Gasteiger partial charge in [0.2, 0.25) is 0 Å². The molecule has 6 heteroatoms. The van der Waals surface area contributed by atoms with Crippen molar-refractivity contribution in [1.29, 1.82) is 0 Å². The van der Waals surface area contributed by atoms with Gasteiger partial charge in [0.15, 0.2) is 11.1 Å². The van der Waals surface area contributed by atoms with Gasteiger partial charge in [-0.2, -0.15) is 0 Å². The third kappa shape index (κ3) is 2.00. The standard InChI is InChI=1S/C6H3BrCl2O2S/c7-3-1-2-4(12(10)11)6(9)5(3)8/h1-2H,(H,10,11). The zero-order valence-electron chi connectivity index (χ0n) is 5.55. The van der Waals surface area contributed by atoms with Crippen molar-refractivity contribution in [3.05, 3.63) is 26.7 Å². The summed E-state index contributed by atoms with van der Waals surface area (Å²) in [5, 5.41) is 0.350. The molecule has 0 aliphatic heterocycles. The zero-order valence-corrected chi connectivity index (χ0v) is 9.47. The van der Waals surface area contributed by atoms with Gasteiger partial charge in [0.05, 0.1) is 14.9 Å². The summed E-state index contributed by atoms with van der Waals surface area (Å²) in [4.78, 5) is 0.116. The summed E-state index contributed by atoms with van der Waals surface area (Å²) in [7, 11) is 0. The Bertz CT molecular complexity index is 343. The van der Waals surface area contributed by atoms with Crippen LogP contribution in [0.1, 0.15) is 0 Å². The molecule has 0 radical (unpaired) electrons. The second-order valence-electron chi connectivity index (χ2n) is 1.92. The smallest absolute Gasteiger partial charge is 0.188 e. The van der Waals surface area contributed by atoms with Crippen molar-refractivity contribution in [1.82, 2.24) is 0 Å². The van der Waals surface area contributed by atoms with E-state index < -0.39 is 11.1 Å². The van der Waals surface area contributed by atoms with Crippen LogP contribution < -0.4 is 0 Å². The number of benzene rings is 1. The van der Waals surface area contributed by atoms with E-state index in [2.05, 4.69) is 15.9 Å². The van der Waals surface area contributed by atoms with Gasteiger partial charge in [-0.25, -0.2) is 4.21 Å². The fraction of sp³-hybridized carbons (Fsp3) is 0. The van der Waals surface area contributed by atoms with Crippen LogP contribution in [-0.4, -0.2) is 8.76 Å². The molecule has 12 heavy (non-hydrogen) atoms. The van der Waals surface area contributed by atoms with Crippen LogP contribution in [0.4, 0.5) is 0 Å². The van der Waals surface area contributed by atoms with E-state index in [0.29, 0.717) is 4.47 Å². The van der Waals surface area contributed by atoms with Gasteiger partial charge in [-0.1, -0.05) is 23.2 Å². The normalized spacial score (nSPS) is 13.0. The molecule has 0 saturated carbocycles. The van der Waals surface area contributed by atoms with Crippen LogP contribution in [0.15, 0.2) is 21.5 Å². The molecule has 0 saturated heterocycles. The topological polar surface area (TPSA) is 37.3 Å². The molecule has 0 spiro atoms. The van der Waals surface area contributed by atoms with E-state index in [1.54, 1.807) is 6.07 Å². The van der Waals surface area contributed by atoms with Crippen molar-refractivity contribution < 1.29 is 8.76 Å². The lowest BCUT2D eigenvalue weighted by molar-refractivity contribution is 0.564. The predicted molar refractivity (Wildman–Crippen MR) is 53.2 cm³/mol. The van der Waals surface area contributed by atoms with Gasteiger partial charge in [-0.3, -0.25) is 0 Å². The van der Waals surface area contributed by atoms with Crippen molar-refractivity contribution in [2.75, 3.05) is 0 Å². The fourth-order valence-electron chi connectivity index (χ4n) is 0.643. The molecule has 2 nitrogen and oxygen atoms in total. The first-order valence-corrected chi connectivity index (χ1v) is 5.44. The third-order valence-electron chi connectivity index (χ3n) is 1.19. The Balaban J connectivity index is 3.36. The first kappa shape index (κ1) is 10.5. The van der Waals surface area contributed by atoms with Crippen LogP contribution >= 0.6 is 39.1 Å². The molecule has 0 aliphatic carbocycles. The van der Waals surface area contributed by atoms with Crippen LogP contribution in [0.2, 0.25) is 10.0 Å². The lowest BCUT2D eigenvalue weighted by atomic mass is 10.4. The minimum Gasteiger partial charge on any atom is -0.302 e. The van der Waals surface area contributed by atoms with E-state index in [1.807, 2.05) is 0 Å². The largest absolute Gasteiger partial charge is 0.302 e. The highest BCUT2D eigenvalue weighted by Crippen LogP contribution is 2.33. The van der Waals surface area contributed by atoms with E-state index >= 15 is 0 Å². The summed E-state index contributed by atoms with van der Waals surface area (Å²) in [6.45, 7) is 0. The maximum absolute atomic E-state index is 10.6. The summed E-state index contributed by atoms with van der Waals surface area (Å²) < 4.78 is 20.0. The Kier molecular flexibility index (Phi) is 3.55. The molecule has 0 aliphatic rings. The second-order valence-corrected chi connectivity index (χ2v) is 4.47. The van der Waals surface area contributed by atoms with Gasteiger partial charge in [0, 0.05) is 4.47 Å². The minimum absolute atomic E-state index is 0.104. The van der Waals surface area contributed by atoms with Gasteiger partial charge < -0.3 is 4.55 Å². The Morgan fingerprint density at radius 3 is 2.42 bits per heavy atom. The molecule has 0 bridgehead atoms. The monoisotopic (exact) mass is 288 g/mol. The second kappa shape index (κ2) is 4.07. The molecule has 1 N–H and O–H groups in total. The molecular weight excluding hydrogens is 287 g/mol. The molecule has 66 valence electrons. The van der Waals surface area contributed by atoms with Gasteiger partial charge in [-0.15, -0.1) is 0 Å². The van der Waals surface area contributed by atoms with Crippen molar-refractivity contribution in [2.24, 2.45) is 0 Å². The van der Waals surface area contributed by atoms with Gasteiger partial charge in [0.1, 0.15) is 0 Å². The van der Waals surface area contributed by atoms with Gasteiger partial charge in [-0.05, 0) is 28.1 Å². The number of rotatable bonds is 1.